The minimum atomic E-state index is -0.0967. The summed E-state index contributed by atoms with van der Waals surface area (Å²) in [5, 5.41) is 12.7. The van der Waals surface area contributed by atoms with E-state index in [1.165, 1.54) is 11.3 Å². The fraction of sp³-hybridized carbons (Fsp3) is 0.235. The van der Waals surface area contributed by atoms with Crippen LogP contribution in [0.15, 0.2) is 48.1 Å². The third kappa shape index (κ3) is 4.50. The molecule has 0 bridgehead atoms. The first-order valence-corrected chi connectivity index (χ1v) is 8.59. The van der Waals surface area contributed by atoms with E-state index in [1.54, 1.807) is 0 Å². The molecule has 1 amide bonds. The van der Waals surface area contributed by atoms with Crippen molar-refractivity contribution in [3.8, 4) is 11.3 Å². The molecule has 2 N–H and O–H groups in total. The lowest BCUT2D eigenvalue weighted by atomic mass is 10.2. The van der Waals surface area contributed by atoms with Gasteiger partial charge in [0.15, 0.2) is 5.13 Å². The molecule has 0 saturated carbocycles. The summed E-state index contributed by atoms with van der Waals surface area (Å²) in [6, 6.07) is 9.91. The van der Waals surface area contributed by atoms with Gasteiger partial charge in [0.05, 0.1) is 25.0 Å². The number of benzene rings is 1. The molecule has 24 heavy (non-hydrogen) atoms. The number of hydrogen-bond donors (Lipinski definition) is 2. The van der Waals surface area contributed by atoms with Crippen LogP contribution in [0.1, 0.15) is 5.56 Å². The van der Waals surface area contributed by atoms with E-state index in [1.807, 2.05) is 59.7 Å². The van der Waals surface area contributed by atoms with Crippen LogP contribution in [0.3, 0.4) is 0 Å². The highest BCUT2D eigenvalue weighted by atomic mass is 32.1. The molecule has 0 radical (unpaired) electrons. The Balaban J connectivity index is 1.43. The molecule has 0 aliphatic heterocycles. The van der Waals surface area contributed by atoms with Gasteiger partial charge in [0.1, 0.15) is 0 Å². The second-order valence-corrected chi connectivity index (χ2v) is 6.27. The number of amides is 1. The second-order valence-electron chi connectivity index (χ2n) is 5.41. The first kappa shape index (κ1) is 16.4. The molecule has 0 spiro atoms. The number of carbonyl (C=O) groups is 1. The smallest absolute Gasteiger partial charge is 0.240 e. The summed E-state index contributed by atoms with van der Waals surface area (Å²) in [5.41, 5.74) is 3.05. The number of anilines is 1. The molecule has 0 fully saturated rings. The molecule has 6 nitrogen and oxygen atoms in total. The summed E-state index contributed by atoms with van der Waals surface area (Å²) in [5.74, 6) is -0.0967. The topological polar surface area (TPSA) is 71.8 Å². The Morgan fingerprint density at radius 1 is 1.29 bits per heavy atom. The van der Waals surface area contributed by atoms with E-state index in [0.717, 1.165) is 23.4 Å². The number of nitrogens with one attached hydrogen (secondary N) is 2. The van der Waals surface area contributed by atoms with E-state index in [2.05, 4.69) is 20.7 Å². The molecule has 1 aromatic carbocycles. The zero-order valence-electron chi connectivity index (χ0n) is 13.4. The summed E-state index contributed by atoms with van der Waals surface area (Å²) in [4.78, 5) is 16.4. The Morgan fingerprint density at radius 2 is 2.12 bits per heavy atom. The number of thiazole rings is 1. The predicted molar refractivity (Wildman–Crippen MR) is 96.0 cm³/mol. The minimum absolute atomic E-state index is 0.0967. The van der Waals surface area contributed by atoms with Crippen molar-refractivity contribution in [1.82, 2.24) is 20.1 Å². The predicted octanol–water partition coefficient (Wildman–Crippen LogP) is 2.54. The number of hydrogen-bond acceptors (Lipinski definition) is 5. The fourth-order valence-electron chi connectivity index (χ4n) is 2.22. The minimum Gasteiger partial charge on any atom is -0.307 e. The van der Waals surface area contributed by atoms with Gasteiger partial charge in [0.2, 0.25) is 5.91 Å². The molecule has 0 aliphatic rings. The van der Waals surface area contributed by atoms with Crippen LogP contribution in [0.25, 0.3) is 11.3 Å². The van der Waals surface area contributed by atoms with Gasteiger partial charge < -0.3 is 10.6 Å². The molecule has 0 atom stereocenters. The highest BCUT2D eigenvalue weighted by Gasteiger charge is 2.07. The zero-order chi connectivity index (χ0) is 16.8. The van der Waals surface area contributed by atoms with Gasteiger partial charge in [0.25, 0.3) is 0 Å². The normalized spacial score (nSPS) is 10.7. The van der Waals surface area contributed by atoms with E-state index in [4.69, 9.17) is 0 Å². The molecule has 2 heterocycles. The van der Waals surface area contributed by atoms with E-state index in [9.17, 15) is 4.79 Å². The van der Waals surface area contributed by atoms with Crippen LogP contribution in [-0.4, -0.2) is 33.8 Å². The fourth-order valence-corrected chi connectivity index (χ4v) is 2.96. The van der Waals surface area contributed by atoms with Crippen LogP contribution in [0.4, 0.5) is 5.13 Å². The maximum absolute atomic E-state index is 11.9. The molecule has 0 unspecified atom stereocenters. The van der Waals surface area contributed by atoms with Crippen LogP contribution >= 0.6 is 11.3 Å². The van der Waals surface area contributed by atoms with E-state index in [-0.39, 0.29) is 12.5 Å². The first-order chi connectivity index (χ1) is 11.7. The molecule has 0 saturated heterocycles. The lowest BCUT2D eigenvalue weighted by molar-refractivity contribution is -0.115. The third-order valence-corrected chi connectivity index (χ3v) is 4.14. The van der Waals surface area contributed by atoms with E-state index < -0.39 is 0 Å². The van der Waals surface area contributed by atoms with Crippen molar-refractivity contribution < 1.29 is 4.79 Å². The van der Waals surface area contributed by atoms with Crippen LogP contribution in [-0.2, 0) is 11.3 Å². The first-order valence-electron chi connectivity index (χ1n) is 7.71. The molecule has 2 aromatic heterocycles. The maximum atomic E-state index is 11.9. The van der Waals surface area contributed by atoms with E-state index >= 15 is 0 Å². The van der Waals surface area contributed by atoms with Crippen molar-refractivity contribution in [2.24, 2.45) is 0 Å². The van der Waals surface area contributed by atoms with Crippen LogP contribution in [0.2, 0.25) is 0 Å². The van der Waals surface area contributed by atoms with Crippen LogP contribution in [0, 0.1) is 6.92 Å². The maximum Gasteiger partial charge on any atom is 0.240 e. The van der Waals surface area contributed by atoms with Gasteiger partial charge in [-0.25, -0.2) is 4.98 Å². The summed E-state index contributed by atoms with van der Waals surface area (Å²) in [7, 11) is 0. The highest BCUT2D eigenvalue weighted by molar-refractivity contribution is 7.14. The second kappa shape index (κ2) is 7.85. The van der Waals surface area contributed by atoms with Crippen LogP contribution < -0.4 is 10.6 Å². The van der Waals surface area contributed by atoms with Crippen LogP contribution in [0.5, 0.6) is 0 Å². The van der Waals surface area contributed by atoms with Gasteiger partial charge >= 0.3 is 0 Å². The van der Waals surface area contributed by atoms with Crippen molar-refractivity contribution in [3.05, 3.63) is 53.7 Å². The number of nitrogens with zero attached hydrogens (tertiary/aromatic N) is 3. The molecule has 0 aliphatic carbocycles. The van der Waals surface area contributed by atoms with Gasteiger partial charge in [-0.2, -0.15) is 5.10 Å². The van der Waals surface area contributed by atoms with Gasteiger partial charge in [-0.05, 0) is 12.5 Å². The Kier molecular flexibility index (Phi) is 5.35. The largest absolute Gasteiger partial charge is 0.307 e. The highest BCUT2D eigenvalue weighted by Crippen LogP contribution is 2.24. The SMILES string of the molecule is Cc1cnn(CCNCC(=O)Nc2nc(-c3ccccc3)cs2)c1. The summed E-state index contributed by atoms with van der Waals surface area (Å²) in [6.45, 7) is 3.67. The number of aryl methyl sites for hydroxylation is 1. The summed E-state index contributed by atoms with van der Waals surface area (Å²) in [6.07, 6.45) is 3.79. The van der Waals surface area contributed by atoms with Crippen molar-refractivity contribution in [1.29, 1.82) is 0 Å². The number of carbonyl (C=O) groups excluding carboxylic acids is 1. The Bertz CT molecular complexity index is 796. The van der Waals surface area contributed by atoms with Gasteiger partial charge in [-0.1, -0.05) is 30.3 Å². The lowest BCUT2D eigenvalue weighted by Gasteiger charge is -2.05. The summed E-state index contributed by atoms with van der Waals surface area (Å²) < 4.78 is 1.85. The van der Waals surface area contributed by atoms with Crippen molar-refractivity contribution in [2.75, 3.05) is 18.4 Å². The average molecular weight is 341 g/mol. The number of rotatable bonds is 7. The molecule has 124 valence electrons. The molecule has 7 heteroatoms. The van der Waals surface area contributed by atoms with Crippen molar-refractivity contribution in [2.45, 2.75) is 13.5 Å². The van der Waals surface area contributed by atoms with Gasteiger partial charge in [0, 0.05) is 23.7 Å². The standard InChI is InChI=1S/C17H19N5OS/c1-13-9-19-22(11-13)8-7-18-10-16(23)21-17-20-15(12-24-17)14-5-3-2-4-6-14/h2-6,9,11-12,18H,7-8,10H2,1H3,(H,20,21,23). The molecule has 3 aromatic rings. The Morgan fingerprint density at radius 3 is 2.88 bits per heavy atom. The van der Waals surface area contributed by atoms with E-state index in [0.29, 0.717) is 11.7 Å². The van der Waals surface area contributed by atoms with Crippen molar-refractivity contribution in [3.63, 3.8) is 0 Å². The number of aromatic nitrogens is 3. The lowest BCUT2D eigenvalue weighted by Crippen LogP contribution is -2.30. The molecular weight excluding hydrogens is 322 g/mol. The molecular formula is C17H19N5OS. The quantitative estimate of drug-likeness (QED) is 0.648. The molecule has 3 rings (SSSR count). The summed E-state index contributed by atoms with van der Waals surface area (Å²) >= 11 is 1.43. The zero-order valence-corrected chi connectivity index (χ0v) is 14.2. The Labute approximate surface area is 144 Å². The Hall–Kier alpha value is -2.51. The monoisotopic (exact) mass is 341 g/mol. The van der Waals surface area contributed by atoms with Gasteiger partial charge in [-0.3, -0.25) is 9.48 Å². The van der Waals surface area contributed by atoms with Crippen molar-refractivity contribution >= 4 is 22.4 Å². The average Bonchev–Trinajstić information content (AvgIpc) is 3.22. The third-order valence-electron chi connectivity index (χ3n) is 3.39. The van der Waals surface area contributed by atoms with Gasteiger partial charge in [-0.15, -0.1) is 11.3 Å².